The Morgan fingerprint density at radius 1 is 1.46 bits per heavy atom. The number of hydrogen-bond donors (Lipinski definition) is 2. The van der Waals surface area contributed by atoms with Crippen LogP contribution in [-0.4, -0.2) is 41.5 Å². The average Bonchev–Trinajstić information content (AvgIpc) is 2.58. The lowest BCUT2D eigenvalue weighted by Crippen LogP contribution is -2.49. The maximum Gasteiger partial charge on any atom is 0.318 e. The predicted octanol–water partition coefficient (Wildman–Crippen LogP) is 2.47. The first kappa shape index (κ1) is 19.9. The first-order valence-electron chi connectivity index (χ1n) is 7.71. The summed E-state index contributed by atoms with van der Waals surface area (Å²) in [5, 5.41) is 16.9. The van der Waals surface area contributed by atoms with Crippen molar-refractivity contribution >= 4 is 24.1 Å². The molecule has 1 saturated heterocycles. The second kappa shape index (κ2) is 9.89. The minimum atomic E-state index is -0.440. The van der Waals surface area contributed by atoms with E-state index in [1.54, 1.807) is 23.1 Å². The van der Waals surface area contributed by atoms with Crippen LogP contribution in [0.2, 0.25) is 0 Å². The molecule has 2 amide bonds. The number of hydrogen-bond acceptors (Lipinski definition) is 4. The van der Waals surface area contributed by atoms with Crippen LogP contribution in [-0.2, 0) is 6.54 Å². The molecule has 1 fully saturated rings. The Hall–Kier alpha value is -2.12. The van der Waals surface area contributed by atoms with Gasteiger partial charge in [0.05, 0.1) is 4.92 Å². The zero-order chi connectivity index (χ0) is 16.7. The molecule has 0 unspecified atom stereocenters. The SMILES string of the molecule is C=CCN(C(=O)NCc1cccc([N+](=O)[O-])c1)C1CCNCC1.Cl. The topological polar surface area (TPSA) is 87.5 Å². The Balaban J connectivity index is 0.00000288. The van der Waals surface area contributed by atoms with Crippen molar-refractivity contribution in [2.24, 2.45) is 0 Å². The van der Waals surface area contributed by atoms with Crippen LogP contribution in [0.25, 0.3) is 0 Å². The van der Waals surface area contributed by atoms with Crippen molar-refractivity contribution in [1.29, 1.82) is 0 Å². The van der Waals surface area contributed by atoms with Crippen molar-refractivity contribution in [2.75, 3.05) is 19.6 Å². The highest BCUT2D eigenvalue weighted by molar-refractivity contribution is 5.85. The van der Waals surface area contributed by atoms with Gasteiger partial charge in [-0.05, 0) is 31.5 Å². The van der Waals surface area contributed by atoms with Crippen molar-refractivity contribution in [3.05, 3.63) is 52.6 Å². The van der Waals surface area contributed by atoms with E-state index < -0.39 is 4.92 Å². The largest absolute Gasteiger partial charge is 0.334 e. The highest BCUT2D eigenvalue weighted by Gasteiger charge is 2.24. The summed E-state index contributed by atoms with van der Waals surface area (Å²) in [5.41, 5.74) is 0.731. The van der Waals surface area contributed by atoms with E-state index in [0.717, 1.165) is 25.9 Å². The van der Waals surface area contributed by atoms with E-state index in [0.29, 0.717) is 12.1 Å². The molecule has 1 aromatic rings. The molecule has 1 heterocycles. The molecule has 132 valence electrons. The van der Waals surface area contributed by atoms with Crippen LogP contribution in [0.4, 0.5) is 10.5 Å². The van der Waals surface area contributed by atoms with E-state index in [9.17, 15) is 14.9 Å². The standard InChI is InChI=1S/C16H22N4O3.ClH/c1-2-10-19(14-6-8-17-9-7-14)16(21)18-12-13-4-3-5-15(11-13)20(22)23;/h2-5,11,14,17H,1,6-10,12H2,(H,18,21);1H. The monoisotopic (exact) mass is 354 g/mol. The number of nitrogens with zero attached hydrogens (tertiary/aromatic N) is 2. The van der Waals surface area contributed by atoms with E-state index in [1.807, 2.05) is 0 Å². The predicted molar refractivity (Wildman–Crippen MR) is 95.4 cm³/mol. The number of carbonyl (C=O) groups excluding carboxylic acids is 1. The smallest absolute Gasteiger partial charge is 0.318 e. The third kappa shape index (κ3) is 5.50. The molecular formula is C16H23ClN4O3. The van der Waals surface area contributed by atoms with Gasteiger partial charge in [0.1, 0.15) is 0 Å². The molecular weight excluding hydrogens is 332 g/mol. The molecule has 2 N–H and O–H groups in total. The van der Waals surface area contributed by atoms with Gasteiger partial charge >= 0.3 is 6.03 Å². The Bertz CT molecular complexity index is 576. The molecule has 0 saturated carbocycles. The minimum absolute atomic E-state index is 0. The molecule has 8 heteroatoms. The van der Waals surface area contributed by atoms with E-state index in [-0.39, 0.29) is 36.7 Å². The van der Waals surface area contributed by atoms with Crippen LogP contribution in [0.3, 0.4) is 0 Å². The number of piperidine rings is 1. The van der Waals surface area contributed by atoms with Crippen LogP contribution in [0.5, 0.6) is 0 Å². The Morgan fingerprint density at radius 2 is 2.17 bits per heavy atom. The van der Waals surface area contributed by atoms with E-state index in [1.165, 1.54) is 12.1 Å². The molecule has 24 heavy (non-hydrogen) atoms. The molecule has 0 atom stereocenters. The van der Waals surface area contributed by atoms with Gasteiger partial charge in [0.2, 0.25) is 0 Å². The van der Waals surface area contributed by atoms with Crippen molar-refractivity contribution in [1.82, 2.24) is 15.5 Å². The normalized spacial score (nSPS) is 14.3. The third-order valence-corrected chi connectivity index (χ3v) is 3.90. The maximum atomic E-state index is 12.4. The number of urea groups is 1. The molecule has 0 spiro atoms. The maximum absolute atomic E-state index is 12.4. The lowest BCUT2D eigenvalue weighted by Gasteiger charge is -2.34. The van der Waals surface area contributed by atoms with Gasteiger partial charge in [0, 0.05) is 31.3 Å². The number of benzene rings is 1. The highest BCUT2D eigenvalue weighted by atomic mass is 35.5. The number of nitro groups is 1. The van der Waals surface area contributed by atoms with Gasteiger partial charge in [-0.1, -0.05) is 18.2 Å². The highest BCUT2D eigenvalue weighted by Crippen LogP contribution is 2.14. The summed E-state index contributed by atoms with van der Waals surface area (Å²) in [4.78, 5) is 24.6. The zero-order valence-electron chi connectivity index (χ0n) is 13.4. The lowest BCUT2D eigenvalue weighted by molar-refractivity contribution is -0.384. The molecule has 0 bridgehead atoms. The fourth-order valence-electron chi connectivity index (χ4n) is 2.71. The molecule has 0 radical (unpaired) electrons. The van der Waals surface area contributed by atoms with Crippen molar-refractivity contribution in [3.63, 3.8) is 0 Å². The third-order valence-electron chi connectivity index (χ3n) is 3.90. The van der Waals surface area contributed by atoms with Crippen molar-refractivity contribution in [3.8, 4) is 0 Å². The van der Waals surface area contributed by atoms with E-state index >= 15 is 0 Å². The number of carbonyl (C=O) groups is 1. The second-order valence-electron chi connectivity index (χ2n) is 5.51. The first-order chi connectivity index (χ1) is 11.1. The van der Waals surface area contributed by atoms with Gasteiger partial charge in [-0.3, -0.25) is 10.1 Å². The van der Waals surface area contributed by atoms with Crippen LogP contribution in [0.1, 0.15) is 18.4 Å². The summed E-state index contributed by atoms with van der Waals surface area (Å²) in [5.74, 6) is 0. The number of halogens is 1. The van der Waals surface area contributed by atoms with Crippen molar-refractivity contribution in [2.45, 2.75) is 25.4 Å². The Kier molecular flexibility index (Phi) is 8.21. The fraction of sp³-hybridized carbons (Fsp3) is 0.438. The quantitative estimate of drug-likeness (QED) is 0.466. The molecule has 0 aromatic heterocycles. The first-order valence-corrected chi connectivity index (χ1v) is 7.71. The molecule has 0 aliphatic carbocycles. The van der Waals surface area contributed by atoms with Crippen molar-refractivity contribution < 1.29 is 9.72 Å². The molecule has 2 rings (SSSR count). The molecule has 7 nitrogen and oxygen atoms in total. The minimum Gasteiger partial charge on any atom is -0.334 e. The van der Waals surface area contributed by atoms with Gasteiger partial charge in [-0.25, -0.2) is 4.79 Å². The summed E-state index contributed by atoms with van der Waals surface area (Å²) in [6.45, 7) is 6.27. The number of non-ortho nitro benzene ring substituents is 1. The van der Waals surface area contributed by atoms with Gasteiger partial charge in [0.15, 0.2) is 0 Å². The summed E-state index contributed by atoms with van der Waals surface area (Å²) in [6, 6.07) is 6.32. The average molecular weight is 355 g/mol. The number of rotatable bonds is 6. The molecule has 1 aliphatic heterocycles. The summed E-state index contributed by atoms with van der Waals surface area (Å²) in [6.07, 6.45) is 3.55. The molecule has 1 aromatic carbocycles. The summed E-state index contributed by atoms with van der Waals surface area (Å²) >= 11 is 0. The van der Waals surface area contributed by atoms with Gasteiger partial charge in [-0.15, -0.1) is 19.0 Å². The summed E-state index contributed by atoms with van der Waals surface area (Å²) < 4.78 is 0. The van der Waals surface area contributed by atoms with E-state index in [2.05, 4.69) is 17.2 Å². The Morgan fingerprint density at radius 3 is 2.79 bits per heavy atom. The van der Waals surface area contributed by atoms with Crippen LogP contribution < -0.4 is 10.6 Å². The van der Waals surface area contributed by atoms with Crippen LogP contribution in [0, 0.1) is 10.1 Å². The van der Waals surface area contributed by atoms with Gasteiger partial charge in [-0.2, -0.15) is 0 Å². The van der Waals surface area contributed by atoms with Gasteiger partial charge < -0.3 is 15.5 Å². The molecule has 1 aliphatic rings. The summed E-state index contributed by atoms with van der Waals surface area (Å²) in [7, 11) is 0. The van der Waals surface area contributed by atoms with E-state index in [4.69, 9.17) is 0 Å². The number of nitrogens with one attached hydrogen (secondary N) is 2. The Labute approximate surface area is 147 Å². The fourth-order valence-corrected chi connectivity index (χ4v) is 2.71. The lowest BCUT2D eigenvalue weighted by atomic mass is 10.1. The number of amides is 2. The number of nitro benzene ring substituents is 1. The second-order valence-corrected chi connectivity index (χ2v) is 5.51. The zero-order valence-corrected chi connectivity index (χ0v) is 14.3. The van der Waals surface area contributed by atoms with Crippen LogP contribution in [0.15, 0.2) is 36.9 Å². The van der Waals surface area contributed by atoms with Crippen LogP contribution >= 0.6 is 12.4 Å². The van der Waals surface area contributed by atoms with Gasteiger partial charge in [0.25, 0.3) is 5.69 Å².